The lowest BCUT2D eigenvalue weighted by atomic mass is 10.1. The van der Waals surface area contributed by atoms with Gasteiger partial charge in [0.2, 0.25) is 5.91 Å². The fourth-order valence-corrected chi connectivity index (χ4v) is 2.34. The zero-order valence-corrected chi connectivity index (χ0v) is 13.1. The van der Waals surface area contributed by atoms with Gasteiger partial charge in [0.05, 0.1) is 19.2 Å². The summed E-state index contributed by atoms with van der Waals surface area (Å²) in [5, 5.41) is 0.570. The van der Waals surface area contributed by atoms with Crippen LogP contribution in [0.5, 0.6) is 5.75 Å². The first-order valence-electron chi connectivity index (χ1n) is 6.67. The third kappa shape index (κ3) is 3.76. The number of aryl methyl sites for hydroxylation is 1. The number of nitrogens with zero attached hydrogens (tertiary/aromatic N) is 1. The summed E-state index contributed by atoms with van der Waals surface area (Å²) in [6, 6.07) is 13.2. The highest BCUT2D eigenvalue weighted by Crippen LogP contribution is 2.30. The van der Waals surface area contributed by atoms with Crippen molar-refractivity contribution in [2.45, 2.75) is 13.3 Å². The number of carbonyl (C=O) groups is 1. The molecular formula is C17H18ClNO2. The Hall–Kier alpha value is -2.00. The summed E-state index contributed by atoms with van der Waals surface area (Å²) in [6.07, 6.45) is 0.341. The molecule has 1 amide bonds. The summed E-state index contributed by atoms with van der Waals surface area (Å²) < 4.78 is 5.29. The van der Waals surface area contributed by atoms with Gasteiger partial charge >= 0.3 is 0 Å². The highest BCUT2D eigenvalue weighted by molar-refractivity contribution is 6.31. The molecule has 2 aromatic carbocycles. The number of halogens is 1. The normalized spacial score (nSPS) is 10.3. The average Bonchev–Trinajstić information content (AvgIpc) is 2.46. The van der Waals surface area contributed by atoms with Crippen LogP contribution in [0.4, 0.5) is 5.69 Å². The number of benzene rings is 2. The van der Waals surface area contributed by atoms with E-state index in [0.717, 1.165) is 11.1 Å². The van der Waals surface area contributed by atoms with Gasteiger partial charge in [-0.1, -0.05) is 41.4 Å². The van der Waals surface area contributed by atoms with Crippen molar-refractivity contribution in [1.29, 1.82) is 0 Å². The number of hydrogen-bond donors (Lipinski definition) is 0. The number of hydrogen-bond acceptors (Lipinski definition) is 2. The number of methoxy groups -OCH3 is 1. The van der Waals surface area contributed by atoms with Gasteiger partial charge in [0.15, 0.2) is 0 Å². The minimum atomic E-state index is -0.0128. The summed E-state index contributed by atoms with van der Waals surface area (Å²) in [4.78, 5) is 14.0. The highest BCUT2D eigenvalue weighted by atomic mass is 35.5. The van der Waals surface area contributed by atoms with E-state index >= 15 is 0 Å². The van der Waals surface area contributed by atoms with Gasteiger partial charge in [-0.05, 0) is 30.7 Å². The van der Waals surface area contributed by atoms with Gasteiger partial charge in [-0.3, -0.25) is 4.79 Å². The first kappa shape index (κ1) is 15.4. The number of rotatable bonds is 4. The number of ether oxygens (including phenoxy) is 1. The monoisotopic (exact) mass is 303 g/mol. The van der Waals surface area contributed by atoms with Crippen molar-refractivity contribution in [2.75, 3.05) is 19.1 Å². The van der Waals surface area contributed by atoms with Crippen LogP contribution in [0.3, 0.4) is 0 Å². The Kier molecular flexibility index (Phi) is 4.86. The Morgan fingerprint density at radius 3 is 2.67 bits per heavy atom. The molecule has 0 N–H and O–H groups in total. The quantitative estimate of drug-likeness (QED) is 0.858. The third-order valence-corrected chi connectivity index (χ3v) is 3.55. The van der Waals surface area contributed by atoms with E-state index in [4.69, 9.17) is 16.3 Å². The summed E-state index contributed by atoms with van der Waals surface area (Å²) in [5.74, 6) is 0.612. The van der Waals surface area contributed by atoms with Crippen LogP contribution in [0.15, 0.2) is 42.5 Å². The molecule has 2 aromatic rings. The van der Waals surface area contributed by atoms with Crippen molar-refractivity contribution >= 4 is 23.2 Å². The van der Waals surface area contributed by atoms with Gasteiger partial charge < -0.3 is 9.64 Å². The molecule has 4 heteroatoms. The molecule has 2 rings (SSSR count). The van der Waals surface area contributed by atoms with Gasteiger partial charge in [-0.25, -0.2) is 0 Å². The summed E-state index contributed by atoms with van der Waals surface area (Å²) >= 11 is 6.01. The Balaban J connectivity index is 2.21. The molecule has 0 aromatic heterocycles. The molecule has 0 unspecified atom stereocenters. The maximum atomic E-state index is 12.4. The molecule has 110 valence electrons. The molecule has 0 saturated carbocycles. The van der Waals surface area contributed by atoms with Crippen LogP contribution in [0.1, 0.15) is 11.1 Å². The molecule has 0 spiro atoms. The second-order valence-corrected chi connectivity index (χ2v) is 5.37. The fourth-order valence-electron chi connectivity index (χ4n) is 2.17. The molecule has 0 radical (unpaired) electrons. The van der Waals surface area contributed by atoms with Crippen LogP contribution in [0.2, 0.25) is 5.02 Å². The van der Waals surface area contributed by atoms with E-state index in [0.29, 0.717) is 22.9 Å². The molecule has 0 atom stereocenters. The third-order valence-electron chi connectivity index (χ3n) is 3.31. The summed E-state index contributed by atoms with van der Waals surface area (Å²) in [7, 11) is 3.30. The van der Waals surface area contributed by atoms with Crippen molar-refractivity contribution in [3.05, 3.63) is 58.6 Å². The van der Waals surface area contributed by atoms with Crippen LogP contribution in [0.25, 0.3) is 0 Å². The van der Waals surface area contributed by atoms with Gasteiger partial charge in [0.25, 0.3) is 0 Å². The van der Waals surface area contributed by atoms with Gasteiger partial charge in [0.1, 0.15) is 5.75 Å². The molecule has 3 nitrogen and oxygen atoms in total. The maximum absolute atomic E-state index is 12.4. The summed E-state index contributed by atoms with van der Waals surface area (Å²) in [6.45, 7) is 2.01. The van der Waals surface area contributed by atoms with Crippen molar-refractivity contribution in [3.63, 3.8) is 0 Å². The lowest BCUT2D eigenvalue weighted by molar-refractivity contribution is -0.117. The topological polar surface area (TPSA) is 29.5 Å². The number of amides is 1. The standard InChI is InChI=1S/C17H18ClNO2/c1-12-5-4-6-13(9-12)10-17(20)19(2)15-11-14(18)7-8-16(15)21-3/h4-9,11H,10H2,1-3H3. The van der Waals surface area contributed by atoms with Crippen LogP contribution in [-0.4, -0.2) is 20.1 Å². The molecule has 0 aliphatic carbocycles. The first-order chi connectivity index (χ1) is 10.0. The Morgan fingerprint density at radius 1 is 1.24 bits per heavy atom. The molecule has 0 bridgehead atoms. The van der Waals surface area contributed by atoms with Crippen molar-refractivity contribution in [1.82, 2.24) is 0 Å². The molecular weight excluding hydrogens is 286 g/mol. The van der Waals surface area contributed by atoms with E-state index in [1.54, 1.807) is 37.3 Å². The Morgan fingerprint density at radius 2 is 2.00 bits per heavy atom. The second kappa shape index (κ2) is 6.64. The number of likely N-dealkylation sites (N-methyl/N-ethyl adjacent to an activating group) is 1. The Bertz CT molecular complexity index is 655. The second-order valence-electron chi connectivity index (χ2n) is 4.93. The van der Waals surface area contributed by atoms with Crippen LogP contribution in [-0.2, 0) is 11.2 Å². The van der Waals surface area contributed by atoms with E-state index in [1.165, 1.54) is 0 Å². The SMILES string of the molecule is COc1ccc(Cl)cc1N(C)C(=O)Cc1cccc(C)c1. The molecule has 0 fully saturated rings. The molecule has 0 aliphatic heterocycles. The Labute approximate surface area is 130 Å². The maximum Gasteiger partial charge on any atom is 0.231 e. The van der Waals surface area contributed by atoms with Crippen LogP contribution < -0.4 is 9.64 Å². The predicted molar refractivity (Wildman–Crippen MR) is 86.3 cm³/mol. The predicted octanol–water partition coefficient (Wildman–Crippen LogP) is 3.86. The van der Waals surface area contributed by atoms with Gasteiger partial charge in [-0.2, -0.15) is 0 Å². The van der Waals surface area contributed by atoms with E-state index in [2.05, 4.69) is 0 Å². The average molecular weight is 304 g/mol. The van der Waals surface area contributed by atoms with Gasteiger partial charge in [-0.15, -0.1) is 0 Å². The largest absolute Gasteiger partial charge is 0.495 e. The lowest BCUT2D eigenvalue weighted by Gasteiger charge is -2.20. The minimum absolute atomic E-state index is 0.0128. The van der Waals surface area contributed by atoms with Crippen molar-refractivity contribution < 1.29 is 9.53 Å². The van der Waals surface area contributed by atoms with E-state index in [-0.39, 0.29) is 5.91 Å². The molecule has 0 heterocycles. The number of anilines is 1. The summed E-state index contributed by atoms with van der Waals surface area (Å²) in [5.41, 5.74) is 2.80. The van der Waals surface area contributed by atoms with Gasteiger partial charge in [0, 0.05) is 12.1 Å². The molecule has 0 saturated heterocycles. The number of carbonyl (C=O) groups excluding carboxylic acids is 1. The van der Waals surface area contributed by atoms with Crippen LogP contribution in [0, 0.1) is 6.92 Å². The van der Waals surface area contributed by atoms with Crippen molar-refractivity contribution in [3.8, 4) is 5.75 Å². The zero-order valence-electron chi connectivity index (χ0n) is 12.4. The van der Waals surface area contributed by atoms with E-state index in [1.807, 2.05) is 31.2 Å². The van der Waals surface area contributed by atoms with Crippen molar-refractivity contribution in [2.24, 2.45) is 0 Å². The fraction of sp³-hybridized carbons (Fsp3) is 0.235. The lowest BCUT2D eigenvalue weighted by Crippen LogP contribution is -2.28. The molecule has 0 aliphatic rings. The molecule has 21 heavy (non-hydrogen) atoms. The van der Waals surface area contributed by atoms with Crippen LogP contribution >= 0.6 is 11.6 Å². The highest BCUT2D eigenvalue weighted by Gasteiger charge is 2.16. The first-order valence-corrected chi connectivity index (χ1v) is 7.04. The van der Waals surface area contributed by atoms with E-state index in [9.17, 15) is 4.79 Å². The zero-order chi connectivity index (χ0) is 15.4. The van der Waals surface area contributed by atoms with E-state index < -0.39 is 0 Å². The smallest absolute Gasteiger partial charge is 0.231 e. The minimum Gasteiger partial charge on any atom is -0.495 e.